The van der Waals surface area contributed by atoms with Crippen LogP contribution in [0.1, 0.15) is 36.0 Å². The number of rotatable bonds is 4. The van der Waals surface area contributed by atoms with Crippen LogP contribution in [0.2, 0.25) is 0 Å². The molecule has 2 aromatic rings. The van der Waals surface area contributed by atoms with Crippen LogP contribution in [0.3, 0.4) is 0 Å². The summed E-state index contributed by atoms with van der Waals surface area (Å²) in [5.74, 6) is -0.186. The predicted molar refractivity (Wildman–Crippen MR) is 93.7 cm³/mol. The Bertz CT molecular complexity index is 756. The molecule has 0 aromatic heterocycles. The minimum Gasteiger partial charge on any atom is -0.392 e. The smallest absolute Gasteiger partial charge is 0.130 e. The third kappa shape index (κ3) is 2.90. The zero-order valence-corrected chi connectivity index (χ0v) is 13.7. The van der Waals surface area contributed by atoms with Crippen LogP contribution in [0.5, 0.6) is 0 Å². The highest BCUT2D eigenvalue weighted by molar-refractivity contribution is 5.69. The lowest BCUT2D eigenvalue weighted by molar-refractivity contribution is 0.203. The van der Waals surface area contributed by atoms with E-state index in [1.165, 1.54) is 18.1 Å². The number of nitrogens with zero attached hydrogens (tertiary/aromatic N) is 1. The second-order valence-electron chi connectivity index (χ2n) is 6.82. The molecule has 1 N–H and O–H groups in total. The molecule has 124 valence electrons. The quantitative estimate of drug-likeness (QED) is 0.914. The summed E-state index contributed by atoms with van der Waals surface area (Å²) in [5.41, 5.74) is 3.86. The van der Waals surface area contributed by atoms with E-state index in [0.717, 1.165) is 30.5 Å². The first-order valence-corrected chi connectivity index (χ1v) is 8.64. The molecular formula is C21H22FNO. The van der Waals surface area contributed by atoms with Gasteiger partial charge in [0.1, 0.15) is 5.82 Å². The zero-order valence-electron chi connectivity index (χ0n) is 13.7. The molecule has 2 aromatic carbocycles. The number of benzene rings is 2. The first kappa shape index (κ1) is 15.6. The van der Waals surface area contributed by atoms with Crippen LogP contribution in [0.25, 0.3) is 5.57 Å². The van der Waals surface area contributed by atoms with E-state index in [2.05, 4.69) is 35.2 Å². The molecule has 2 aliphatic heterocycles. The van der Waals surface area contributed by atoms with E-state index < -0.39 is 0 Å². The molecule has 24 heavy (non-hydrogen) atoms. The van der Waals surface area contributed by atoms with Crippen LogP contribution in [0.15, 0.2) is 54.6 Å². The van der Waals surface area contributed by atoms with Gasteiger partial charge in [0.2, 0.25) is 0 Å². The van der Waals surface area contributed by atoms with Crippen molar-refractivity contribution in [2.45, 2.75) is 44.5 Å². The molecule has 0 aliphatic carbocycles. The zero-order chi connectivity index (χ0) is 16.5. The molecule has 0 radical (unpaired) electrons. The summed E-state index contributed by atoms with van der Waals surface area (Å²) in [4.78, 5) is 2.55. The van der Waals surface area contributed by atoms with Crippen molar-refractivity contribution in [3.63, 3.8) is 0 Å². The SMILES string of the molecule is OCc1ccc(F)c(C2=CC3CCC(C2)N3Cc2ccccc2)c1. The van der Waals surface area contributed by atoms with E-state index in [-0.39, 0.29) is 12.4 Å². The van der Waals surface area contributed by atoms with Gasteiger partial charge < -0.3 is 5.11 Å². The predicted octanol–water partition coefficient (Wildman–Crippen LogP) is 4.14. The molecule has 2 nitrogen and oxygen atoms in total. The molecule has 2 bridgehead atoms. The number of aliphatic hydroxyl groups is 1. The first-order chi connectivity index (χ1) is 11.7. The van der Waals surface area contributed by atoms with Crippen LogP contribution in [0, 0.1) is 5.82 Å². The minimum atomic E-state index is -0.186. The maximum Gasteiger partial charge on any atom is 0.130 e. The summed E-state index contributed by atoms with van der Waals surface area (Å²) >= 11 is 0. The van der Waals surface area contributed by atoms with Gasteiger partial charge >= 0.3 is 0 Å². The molecule has 1 fully saturated rings. The first-order valence-electron chi connectivity index (χ1n) is 8.64. The van der Waals surface area contributed by atoms with E-state index in [1.54, 1.807) is 12.1 Å². The minimum absolute atomic E-state index is 0.0481. The average molecular weight is 323 g/mol. The normalized spacial score (nSPS) is 23.3. The molecule has 2 atom stereocenters. The van der Waals surface area contributed by atoms with Gasteiger partial charge in [0.15, 0.2) is 0 Å². The Labute approximate surface area is 142 Å². The monoisotopic (exact) mass is 323 g/mol. The standard InChI is InChI=1S/C21H22FNO/c22-21-9-6-16(14-24)10-20(21)17-11-18-7-8-19(12-17)23(18)13-15-4-2-1-3-5-15/h1-6,9-11,18-19,24H,7-8,12-14H2. The summed E-state index contributed by atoms with van der Waals surface area (Å²) in [5, 5.41) is 9.32. The Morgan fingerprint density at radius 1 is 1.04 bits per heavy atom. The maximum absolute atomic E-state index is 14.3. The summed E-state index contributed by atoms with van der Waals surface area (Å²) in [7, 11) is 0. The van der Waals surface area contributed by atoms with Crippen LogP contribution >= 0.6 is 0 Å². The molecule has 4 rings (SSSR count). The van der Waals surface area contributed by atoms with E-state index in [9.17, 15) is 9.50 Å². The lowest BCUT2D eigenvalue weighted by atomic mass is 9.93. The average Bonchev–Trinajstić information content (AvgIpc) is 2.84. The van der Waals surface area contributed by atoms with Gasteiger partial charge in [0.05, 0.1) is 6.61 Å². The Morgan fingerprint density at radius 3 is 2.62 bits per heavy atom. The van der Waals surface area contributed by atoms with Crippen molar-refractivity contribution in [2.75, 3.05) is 0 Å². The van der Waals surface area contributed by atoms with Crippen molar-refractivity contribution in [2.24, 2.45) is 0 Å². The molecule has 0 amide bonds. The molecule has 2 heterocycles. The van der Waals surface area contributed by atoms with Gasteiger partial charge in [-0.1, -0.05) is 42.5 Å². The summed E-state index contributed by atoms with van der Waals surface area (Å²) < 4.78 is 14.3. The van der Waals surface area contributed by atoms with Crippen molar-refractivity contribution in [3.8, 4) is 0 Å². The van der Waals surface area contributed by atoms with E-state index in [0.29, 0.717) is 17.6 Å². The summed E-state index contributed by atoms with van der Waals surface area (Å²) in [6.07, 6.45) is 5.43. The molecular weight excluding hydrogens is 301 g/mol. The second kappa shape index (κ2) is 6.50. The fourth-order valence-electron chi connectivity index (χ4n) is 4.08. The molecule has 0 spiro atoms. The highest BCUT2D eigenvalue weighted by atomic mass is 19.1. The Hall–Kier alpha value is -1.97. The van der Waals surface area contributed by atoms with Gasteiger partial charge in [0, 0.05) is 24.2 Å². The van der Waals surface area contributed by atoms with Crippen LogP contribution in [-0.2, 0) is 13.2 Å². The Balaban J connectivity index is 1.60. The fraction of sp³-hybridized carbons (Fsp3) is 0.333. The second-order valence-corrected chi connectivity index (χ2v) is 6.82. The van der Waals surface area contributed by atoms with Gasteiger partial charge in [0.25, 0.3) is 0 Å². The third-order valence-electron chi connectivity index (χ3n) is 5.31. The molecule has 1 saturated heterocycles. The van der Waals surface area contributed by atoms with Gasteiger partial charge in [-0.25, -0.2) is 4.39 Å². The Morgan fingerprint density at radius 2 is 1.88 bits per heavy atom. The lowest BCUT2D eigenvalue weighted by Gasteiger charge is -2.34. The summed E-state index contributed by atoms with van der Waals surface area (Å²) in [6.45, 7) is 0.909. The number of aliphatic hydroxyl groups excluding tert-OH is 1. The van der Waals surface area contributed by atoms with Crippen molar-refractivity contribution < 1.29 is 9.50 Å². The van der Waals surface area contributed by atoms with Gasteiger partial charge in [-0.3, -0.25) is 4.90 Å². The summed E-state index contributed by atoms with van der Waals surface area (Å²) in [6, 6.07) is 16.3. The highest BCUT2D eigenvalue weighted by Gasteiger charge is 2.36. The lowest BCUT2D eigenvalue weighted by Crippen LogP contribution is -2.37. The maximum atomic E-state index is 14.3. The number of fused-ring (bicyclic) bond motifs is 2. The number of halogens is 1. The van der Waals surface area contributed by atoms with Gasteiger partial charge in [-0.05, 0) is 48.1 Å². The van der Waals surface area contributed by atoms with Crippen molar-refractivity contribution in [1.82, 2.24) is 4.90 Å². The van der Waals surface area contributed by atoms with Crippen molar-refractivity contribution >= 4 is 5.57 Å². The molecule has 3 heteroatoms. The molecule has 2 unspecified atom stereocenters. The Kier molecular flexibility index (Phi) is 4.21. The van der Waals surface area contributed by atoms with E-state index in [1.807, 2.05) is 6.07 Å². The van der Waals surface area contributed by atoms with Gasteiger partial charge in [-0.2, -0.15) is 0 Å². The van der Waals surface area contributed by atoms with E-state index in [4.69, 9.17) is 0 Å². The third-order valence-corrected chi connectivity index (χ3v) is 5.31. The molecule has 0 saturated carbocycles. The van der Waals surface area contributed by atoms with Crippen LogP contribution in [0.4, 0.5) is 4.39 Å². The topological polar surface area (TPSA) is 23.5 Å². The highest BCUT2D eigenvalue weighted by Crippen LogP contribution is 2.40. The number of hydrogen-bond acceptors (Lipinski definition) is 2. The van der Waals surface area contributed by atoms with Crippen molar-refractivity contribution in [1.29, 1.82) is 0 Å². The van der Waals surface area contributed by atoms with E-state index >= 15 is 0 Å². The largest absolute Gasteiger partial charge is 0.392 e. The van der Waals surface area contributed by atoms with Gasteiger partial charge in [-0.15, -0.1) is 0 Å². The van der Waals surface area contributed by atoms with Crippen LogP contribution < -0.4 is 0 Å². The number of hydrogen-bond donors (Lipinski definition) is 1. The van der Waals surface area contributed by atoms with Crippen LogP contribution in [-0.4, -0.2) is 22.1 Å². The molecule has 2 aliphatic rings. The van der Waals surface area contributed by atoms with Crippen molar-refractivity contribution in [3.05, 3.63) is 77.1 Å². The fourth-order valence-corrected chi connectivity index (χ4v) is 4.08.